The molecule has 0 aromatic rings. The van der Waals surface area contributed by atoms with Crippen molar-refractivity contribution < 1.29 is 0 Å². The van der Waals surface area contributed by atoms with Crippen LogP contribution in [0.3, 0.4) is 0 Å². The number of rotatable bonds is 6. The number of hydrogen-bond donors (Lipinski definition) is 2. The van der Waals surface area contributed by atoms with Gasteiger partial charge in [-0.3, -0.25) is 0 Å². The van der Waals surface area contributed by atoms with Gasteiger partial charge < -0.3 is 10.6 Å². The van der Waals surface area contributed by atoms with Gasteiger partial charge in [0.05, 0.1) is 0 Å². The zero-order chi connectivity index (χ0) is 10.5. The van der Waals surface area contributed by atoms with Crippen LogP contribution in [0.15, 0.2) is 0 Å². The topological polar surface area (TPSA) is 24.1 Å². The highest BCUT2D eigenvalue weighted by molar-refractivity contribution is 7.99. The van der Waals surface area contributed by atoms with Gasteiger partial charge in [0, 0.05) is 23.6 Å². The average Bonchev–Trinajstić information content (AvgIpc) is 3.05. The van der Waals surface area contributed by atoms with Gasteiger partial charge in [0.25, 0.3) is 0 Å². The molecule has 3 heteroatoms. The standard InChI is InChI=1S/C12H24N2S/c1-2-10-9-12(10)14-7-8-15-11-3-5-13-6-4-11/h10-14H,2-9H2,1H3. The van der Waals surface area contributed by atoms with Crippen LogP contribution in [-0.2, 0) is 0 Å². The van der Waals surface area contributed by atoms with Crippen molar-refractivity contribution in [2.45, 2.75) is 43.9 Å². The summed E-state index contributed by atoms with van der Waals surface area (Å²) in [7, 11) is 0. The lowest BCUT2D eigenvalue weighted by molar-refractivity contribution is 0.531. The van der Waals surface area contributed by atoms with E-state index in [0.29, 0.717) is 0 Å². The van der Waals surface area contributed by atoms with E-state index in [4.69, 9.17) is 0 Å². The fourth-order valence-corrected chi connectivity index (χ4v) is 3.52. The highest BCUT2D eigenvalue weighted by Gasteiger charge is 2.34. The fraction of sp³-hybridized carbons (Fsp3) is 1.00. The molecule has 0 bridgehead atoms. The van der Waals surface area contributed by atoms with Crippen LogP contribution in [0.25, 0.3) is 0 Å². The smallest absolute Gasteiger partial charge is 0.00993 e. The van der Waals surface area contributed by atoms with Crippen LogP contribution in [-0.4, -0.2) is 36.7 Å². The van der Waals surface area contributed by atoms with E-state index in [-0.39, 0.29) is 0 Å². The van der Waals surface area contributed by atoms with Crippen LogP contribution in [0.4, 0.5) is 0 Å². The highest BCUT2D eigenvalue weighted by Crippen LogP contribution is 2.33. The molecule has 2 N–H and O–H groups in total. The Labute approximate surface area is 98.0 Å². The van der Waals surface area contributed by atoms with Crippen molar-refractivity contribution in [1.29, 1.82) is 0 Å². The van der Waals surface area contributed by atoms with Crippen molar-refractivity contribution in [3.8, 4) is 0 Å². The van der Waals surface area contributed by atoms with E-state index >= 15 is 0 Å². The summed E-state index contributed by atoms with van der Waals surface area (Å²) in [6.45, 7) is 5.98. The van der Waals surface area contributed by atoms with Crippen LogP contribution >= 0.6 is 11.8 Å². The van der Waals surface area contributed by atoms with Gasteiger partial charge in [0.1, 0.15) is 0 Å². The Morgan fingerprint density at radius 1 is 1.33 bits per heavy atom. The van der Waals surface area contributed by atoms with E-state index in [2.05, 4.69) is 29.3 Å². The molecule has 1 aliphatic carbocycles. The number of nitrogens with one attached hydrogen (secondary N) is 2. The van der Waals surface area contributed by atoms with Crippen molar-refractivity contribution in [3.05, 3.63) is 0 Å². The second kappa shape index (κ2) is 6.12. The van der Waals surface area contributed by atoms with E-state index in [1.807, 2.05) is 0 Å². The van der Waals surface area contributed by atoms with Gasteiger partial charge in [0.15, 0.2) is 0 Å². The average molecular weight is 228 g/mol. The summed E-state index contributed by atoms with van der Waals surface area (Å²) in [4.78, 5) is 0. The maximum Gasteiger partial charge on any atom is 0.00993 e. The van der Waals surface area contributed by atoms with Crippen LogP contribution in [0.5, 0.6) is 0 Å². The molecule has 88 valence electrons. The third-order valence-corrected chi connectivity index (χ3v) is 4.98. The quantitative estimate of drug-likeness (QED) is 0.679. The van der Waals surface area contributed by atoms with Crippen LogP contribution in [0.1, 0.15) is 32.6 Å². The summed E-state index contributed by atoms with van der Waals surface area (Å²) < 4.78 is 0. The van der Waals surface area contributed by atoms with Crippen molar-refractivity contribution in [2.24, 2.45) is 5.92 Å². The van der Waals surface area contributed by atoms with Crippen LogP contribution in [0.2, 0.25) is 0 Å². The largest absolute Gasteiger partial charge is 0.317 e. The van der Waals surface area contributed by atoms with Gasteiger partial charge in [-0.15, -0.1) is 0 Å². The predicted octanol–water partition coefficient (Wildman–Crippen LogP) is 1.86. The Morgan fingerprint density at radius 2 is 2.13 bits per heavy atom. The second-order valence-electron chi connectivity index (χ2n) is 4.78. The first-order valence-corrected chi connectivity index (χ1v) is 7.50. The minimum absolute atomic E-state index is 0.864. The molecule has 15 heavy (non-hydrogen) atoms. The third-order valence-electron chi connectivity index (χ3n) is 3.60. The molecule has 2 aliphatic rings. The molecule has 1 saturated heterocycles. The third kappa shape index (κ3) is 3.97. The first-order valence-electron chi connectivity index (χ1n) is 6.46. The second-order valence-corrected chi connectivity index (χ2v) is 6.19. The molecule has 2 rings (SSSR count). The molecule has 1 aliphatic heterocycles. The first kappa shape index (κ1) is 11.7. The van der Waals surface area contributed by atoms with Crippen molar-refractivity contribution in [2.75, 3.05) is 25.4 Å². The zero-order valence-electron chi connectivity index (χ0n) is 9.80. The van der Waals surface area contributed by atoms with Gasteiger partial charge in [-0.1, -0.05) is 13.3 Å². The monoisotopic (exact) mass is 228 g/mol. The minimum Gasteiger partial charge on any atom is -0.317 e. The molecular weight excluding hydrogens is 204 g/mol. The lowest BCUT2D eigenvalue weighted by Gasteiger charge is -2.22. The van der Waals surface area contributed by atoms with E-state index < -0.39 is 0 Å². The summed E-state index contributed by atoms with van der Waals surface area (Å²) in [6, 6.07) is 0.864. The molecular formula is C12H24N2S. The fourth-order valence-electron chi connectivity index (χ4n) is 2.38. The maximum absolute atomic E-state index is 3.66. The Hall–Kier alpha value is 0.270. The summed E-state index contributed by atoms with van der Waals surface area (Å²) in [5, 5.41) is 8.00. The molecule has 2 fully saturated rings. The molecule has 0 aromatic heterocycles. The highest BCUT2D eigenvalue weighted by atomic mass is 32.2. The summed E-state index contributed by atoms with van der Waals surface area (Å²) in [5.74, 6) is 2.30. The molecule has 1 heterocycles. The lowest BCUT2D eigenvalue weighted by Crippen LogP contribution is -2.30. The molecule has 0 aromatic carbocycles. The summed E-state index contributed by atoms with van der Waals surface area (Å²) in [6.07, 6.45) is 5.52. The molecule has 2 atom stereocenters. The Bertz CT molecular complexity index is 180. The molecule has 2 unspecified atom stereocenters. The van der Waals surface area contributed by atoms with E-state index in [9.17, 15) is 0 Å². The molecule has 2 nitrogen and oxygen atoms in total. The number of thioether (sulfide) groups is 1. The van der Waals surface area contributed by atoms with Gasteiger partial charge >= 0.3 is 0 Å². The minimum atomic E-state index is 0.864. The normalized spacial score (nSPS) is 31.8. The summed E-state index contributed by atoms with van der Waals surface area (Å²) in [5.41, 5.74) is 0. The molecule has 0 spiro atoms. The molecule has 0 radical (unpaired) electrons. The van der Waals surface area contributed by atoms with Gasteiger partial charge in [-0.2, -0.15) is 11.8 Å². The molecule has 0 amide bonds. The maximum atomic E-state index is 3.66. The van der Waals surface area contributed by atoms with E-state index in [0.717, 1.165) is 17.2 Å². The van der Waals surface area contributed by atoms with Gasteiger partial charge in [-0.25, -0.2) is 0 Å². The Morgan fingerprint density at radius 3 is 2.80 bits per heavy atom. The number of hydrogen-bond acceptors (Lipinski definition) is 3. The van der Waals surface area contributed by atoms with Crippen molar-refractivity contribution in [3.63, 3.8) is 0 Å². The van der Waals surface area contributed by atoms with Crippen molar-refractivity contribution in [1.82, 2.24) is 10.6 Å². The van der Waals surface area contributed by atoms with Crippen molar-refractivity contribution >= 4 is 11.8 Å². The number of piperidine rings is 1. The van der Waals surface area contributed by atoms with Crippen LogP contribution < -0.4 is 10.6 Å². The zero-order valence-corrected chi connectivity index (χ0v) is 10.6. The Kier molecular flexibility index (Phi) is 4.79. The van der Waals surface area contributed by atoms with E-state index in [1.54, 1.807) is 0 Å². The van der Waals surface area contributed by atoms with Crippen LogP contribution in [0, 0.1) is 5.92 Å². The first-order chi connectivity index (χ1) is 7.40. The SMILES string of the molecule is CCC1CC1NCCSC1CCNCC1. The van der Waals surface area contributed by atoms with E-state index in [1.165, 1.54) is 51.1 Å². The predicted molar refractivity (Wildman–Crippen MR) is 68.5 cm³/mol. The summed E-state index contributed by atoms with van der Waals surface area (Å²) >= 11 is 2.17. The van der Waals surface area contributed by atoms with Gasteiger partial charge in [0.2, 0.25) is 0 Å². The lowest BCUT2D eigenvalue weighted by atomic mass is 10.2. The molecule has 1 saturated carbocycles. The van der Waals surface area contributed by atoms with Gasteiger partial charge in [-0.05, 0) is 38.3 Å². The Balaban J connectivity index is 1.45.